The van der Waals surface area contributed by atoms with Gasteiger partial charge in [-0.25, -0.2) is 0 Å². The quantitative estimate of drug-likeness (QED) is 0.609. The van der Waals surface area contributed by atoms with Crippen LogP contribution >= 0.6 is 0 Å². The summed E-state index contributed by atoms with van der Waals surface area (Å²) in [6, 6.07) is 7.63. The van der Waals surface area contributed by atoms with E-state index in [1.54, 1.807) is 0 Å². The molecule has 2 nitrogen and oxygen atoms in total. The van der Waals surface area contributed by atoms with Crippen molar-refractivity contribution in [3.05, 3.63) is 35.4 Å². The van der Waals surface area contributed by atoms with Gasteiger partial charge in [-0.05, 0) is 0 Å². The number of carbonyl (C=O) groups is 1. The molecule has 0 heterocycles. The summed E-state index contributed by atoms with van der Waals surface area (Å²) < 4.78 is 4.88. The fourth-order valence-electron chi connectivity index (χ4n) is 1.15. The van der Waals surface area contributed by atoms with Crippen molar-refractivity contribution in [1.29, 1.82) is 0 Å². The third-order valence-corrected chi connectivity index (χ3v) is 3.00. The van der Waals surface area contributed by atoms with Crippen LogP contribution in [0.2, 0.25) is 0 Å². The van der Waals surface area contributed by atoms with E-state index in [-0.39, 0.29) is 9.33 Å². The molecule has 0 atom stereocenters. The Morgan fingerprint density at radius 2 is 1.79 bits per heavy atom. The fraction of sp³-hybridized carbons (Fsp3) is 0.364. The van der Waals surface area contributed by atoms with Crippen LogP contribution in [0, 0.1) is 0 Å². The van der Waals surface area contributed by atoms with Crippen LogP contribution in [0.5, 0.6) is 0 Å². The standard InChI is InChI=1S/C11H13O2.Sb.2H/c1-8(2)9-4-6-10(7-5-9)11(12)13-3;;;/h4-7H,1-3H3;;;. The summed E-state index contributed by atoms with van der Waals surface area (Å²) in [6.45, 7) is 4.39. The number of methoxy groups -OCH3 is 1. The molecule has 14 heavy (non-hydrogen) atoms. The molecule has 0 N–H and O–H groups in total. The van der Waals surface area contributed by atoms with Crippen LogP contribution in [-0.4, -0.2) is 36.1 Å². The molecule has 1 aromatic rings. The van der Waals surface area contributed by atoms with E-state index in [2.05, 4.69) is 18.6 Å². The van der Waals surface area contributed by atoms with Crippen LogP contribution < -0.4 is 0 Å². The van der Waals surface area contributed by atoms with Gasteiger partial charge in [0.1, 0.15) is 0 Å². The molecule has 0 fully saturated rings. The molecule has 76 valence electrons. The first-order valence-electron chi connectivity index (χ1n) is 4.43. The van der Waals surface area contributed by atoms with Gasteiger partial charge < -0.3 is 0 Å². The molecule has 0 aliphatic heterocycles. The summed E-state index contributed by atoms with van der Waals surface area (Å²) in [5, 5.41) is 0. The van der Waals surface area contributed by atoms with Crippen molar-refractivity contribution in [1.82, 2.24) is 0 Å². The van der Waals surface area contributed by atoms with Gasteiger partial charge in [0, 0.05) is 0 Å². The van der Waals surface area contributed by atoms with Gasteiger partial charge in [-0.3, -0.25) is 0 Å². The van der Waals surface area contributed by atoms with E-state index in [1.165, 1.54) is 12.7 Å². The molecule has 0 aliphatic rings. The van der Waals surface area contributed by atoms with Crippen molar-refractivity contribution in [2.24, 2.45) is 0 Å². The van der Waals surface area contributed by atoms with Crippen LogP contribution in [-0.2, 0) is 8.10 Å². The minimum absolute atomic E-state index is 0.250. The molecule has 1 aromatic carbocycles. The predicted molar refractivity (Wildman–Crippen MR) is 59.4 cm³/mol. The van der Waals surface area contributed by atoms with E-state index in [4.69, 9.17) is 0 Å². The zero-order valence-corrected chi connectivity index (χ0v) is 12.0. The van der Waals surface area contributed by atoms with Gasteiger partial charge in [-0.2, -0.15) is 0 Å². The van der Waals surface area contributed by atoms with Crippen LogP contribution in [0.1, 0.15) is 29.8 Å². The first kappa shape index (κ1) is 11.6. The number of benzene rings is 1. The zero-order valence-electron chi connectivity index (χ0n) is 8.70. The third-order valence-electron chi connectivity index (χ3n) is 2.05. The molecule has 0 radical (unpaired) electrons. The predicted octanol–water partition coefficient (Wildman–Crippen LogP) is 1.34. The minimum atomic E-state index is -0.276. The van der Waals surface area contributed by atoms with Crippen molar-refractivity contribution < 1.29 is 9.53 Å². The van der Waals surface area contributed by atoms with Gasteiger partial charge in [0.25, 0.3) is 0 Å². The van der Waals surface area contributed by atoms with Crippen molar-refractivity contribution in [2.75, 3.05) is 7.11 Å². The Hall–Kier alpha value is -0.492. The molecule has 3 heteroatoms. The van der Waals surface area contributed by atoms with Crippen LogP contribution in [0.4, 0.5) is 0 Å². The number of hydrogen-bond acceptors (Lipinski definition) is 2. The van der Waals surface area contributed by atoms with Crippen LogP contribution in [0.3, 0.4) is 0 Å². The second-order valence-electron chi connectivity index (χ2n) is 3.79. The maximum atomic E-state index is 11.2. The summed E-state index contributed by atoms with van der Waals surface area (Å²) in [5.41, 5.74) is 1.88. The first-order valence-corrected chi connectivity index (χ1v) is 6.07. The summed E-state index contributed by atoms with van der Waals surface area (Å²) in [7, 11) is 1.40. The van der Waals surface area contributed by atoms with E-state index in [9.17, 15) is 4.79 Å². The molecule has 0 amide bonds. The molecule has 0 spiro atoms. The molecule has 0 saturated heterocycles. The van der Waals surface area contributed by atoms with Crippen molar-refractivity contribution in [3.63, 3.8) is 0 Å². The Labute approximate surface area is 98.1 Å². The van der Waals surface area contributed by atoms with Gasteiger partial charge in [0.2, 0.25) is 0 Å². The number of ether oxygens (including phenoxy) is 1. The Morgan fingerprint density at radius 3 is 2.14 bits per heavy atom. The summed E-state index contributed by atoms with van der Waals surface area (Å²) >= 11 is 1.16. The van der Waals surface area contributed by atoms with Crippen molar-refractivity contribution >= 4 is 29.0 Å². The zero-order chi connectivity index (χ0) is 10.8. The van der Waals surface area contributed by atoms with Gasteiger partial charge >= 0.3 is 98.2 Å². The topological polar surface area (TPSA) is 26.3 Å². The van der Waals surface area contributed by atoms with Crippen LogP contribution in [0.25, 0.3) is 0 Å². The molecule has 1 rings (SSSR count). The van der Waals surface area contributed by atoms with Crippen molar-refractivity contribution in [2.45, 2.75) is 17.2 Å². The van der Waals surface area contributed by atoms with Gasteiger partial charge in [0.05, 0.1) is 0 Å². The van der Waals surface area contributed by atoms with Gasteiger partial charge in [0.15, 0.2) is 0 Å². The summed E-state index contributed by atoms with van der Waals surface area (Å²) in [6.07, 6.45) is 0. The average Bonchev–Trinajstić information content (AvgIpc) is 2.15. The summed E-state index contributed by atoms with van der Waals surface area (Å²) in [4.78, 5) is 11.2. The van der Waals surface area contributed by atoms with Crippen molar-refractivity contribution in [3.8, 4) is 0 Å². The molecule has 0 bridgehead atoms. The number of esters is 1. The SMILES string of the molecule is COC(=O)c1ccc([C](C)(C)[SbH2])cc1. The molecular weight excluding hydrogens is 286 g/mol. The second-order valence-corrected chi connectivity index (χ2v) is 7.91. The van der Waals surface area contributed by atoms with E-state index in [1.807, 2.05) is 24.3 Å². The molecule has 0 saturated carbocycles. The monoisotopic (exact) mass is 300 g/mol. The Balaban J connectivity index is 2.95. The maximum absolute atomic E-state index is 11.2. The number of hydrogen-bond donors (Lipinski definition) is 0. The average molecular weight is 301 g/mol. The van der Waals surface area contributed by atoms with Crippen LogP contribution in [0.15, 0.2) is 24.3 Å². The molecular formula is C11H15O2Sb. The second kappa shape index (κ2) is 4.35. The number of rotatable bonds is 2. The van der Waals surface area contributed by atoms with E-state index < -0.39 is 0 Å². The third kappa shape index (κ3) is 2.75. The van der Waals surface area contributed by atoms with E-state index in [0.717, 1.165) is 23.0 Å². The van der Waals surface area contributed by atoms with Gasteiger partial charge in [-0.1, -0.05) is 0 Å². The molecule has 0 aromatic heterocycles. The molecule has 0 unspecified atom stereocenters. The normalized spacial score (nSPS) is 11.1. The Morgan fingerprint density at radius 1 is 1.29 bits per heavy atom. The van der Waals surface area contributed by atoms with E-state index >= 15 is 0 Å². The number of carbonyl (C=O) groups excluding carboxylic acids is 1. The Kier molecular flexibility index (Phi) is 3.60. The molecule has 0 aliphatic carbocycles. The van der Waals surface area contributed by atoms with Gasteiger partial charge in [-0.15, -0.1) is 0 Å². The summed E-state index contributed by atoms with van der Waals surface area (Å²) in [5.74, 6) is -0.276. The first-order chi connectivity index (χ1) is 6.45. The van der Waals surface area contributed by atoms with E-state index in [0.29, 0.717) is 5.56 Å². The Bertz CT molecular complexity index is 322. The fourth-order valence-corrected chi connectivity index (χ4v) is 1.70.